The van der Waals surface area contributed by atoms with Crippen LogP contribution in [0.25, 0.3) is 0 Å². The molecule has 1 amide bonds. The molecule has 29 heavy (non-hydrogen) atoms. The Balaban J connectivity index is 1.65. The molecule has 2 aliphatic rings. The zero-order valence-corrected chi connectivity index (χ0v) is 18.3. The van der Waals surface area contributed by atoms with Crippen LogP contribution in [-0.2, 0) is 4.74 Å². The van der Waals surface area contributed by atoms with Crippen molar-refractivity contribution >= 4 is 53.4 Å². The van der Waals surface area contributed by atoms with Gasteiger partial charge in [0, 0.05) is 36.7 Å². The molecule has 0 unspecified atom stereocenters. The van der Waals surface area contributed by atoms with Gasteiger partial charge in [0.25, 0.3) is 0 Å². The molecule has 1 aromatic rings. The van der Waals surface area contributed by atoms with E-state index in [4.69, 9.17) is 50.3 Å². The molecule has 1 aromatic carbocycles. The number of halogens is 1. The second-order valence-corrected chi connectivity index (χ2v) is 9.07. The van der Waals surface area contributed by atoms with Crippen molar-refractivity contribution in [1.82, 2.24) is 4.90 Å². The Kier molecular flexibility index (Phi) is 5.93. The lowest BCUT2D eigenvalue weighted by Crippen LogP contribution is -2.65. The number of hydrogen-bond acceptors (Lipinski definition) is 5. The standard InChI is InChI=1S/C18H20B4BrNO5/c1-16(2,3)29-15(25)24-8-6-10(7-9-24)26-11-4-5-12-14(13(11)23)28-18(21,22)17(19,20)27-12/h4-5,10H,6-9H2,1-3H3. The number of carbonyl (C=O) groups is 1. The van der Waals surface area contributed by atoms with Crippen LogP contribution in [0.5, 0.6) is 17.2 Å². The van der Waals surface area contributed by atoms with E-state index in [9.17, 15) is 4.79 Å². The third-order valence-electron chi connectivity index (χ3n) is 4.57. The molecule has 2 aliphatic heterocycles. The summed E-state index contributed by atoms with van der Waals surface area (Å²) in [6.07, 6.45) is 0.918. The van der Waals surface area contributed by atoms with E-state index in [1.807, 2.05) is 20.8 Å². The lowest BCUT2D eigenvalue weighted by Gasteiger charge is -2.48. The minimum atomic E-state index is -1.93. The van der Waals surface area contributed by atoms with E-state index in [0.29, 0.717) is 41.9 Å². The molecule has 146 valence electrons. The largest absolute Gasteiger partial charge is 0.501 e. The second kappa shape index (κ2) is 7.71. The van der Waals surface area contributed by atoms with Crippen molar-refractivity contribution in [1.29, 1.82) is 0 Å². The number of fused-ring (bicyclic) bond motifs is 1. The molecule has 0 spiro atoms. The highest BCUT2D eigenvalue weighted by Crippen LogP contribution is 2.48. The minimum absolute atomic E-state index is 0.0869. The highest BCUT2D eigenvalue weighted by molar-refractivity contribution is 9.10. The zero-order chi connectivity index (χ0) is 21.6. The molecule has 0 atom stereocenters. The Labute approximate surface area is 185 Å². The van der Waals surface area contributed by atoms with E-state index < -0.39 is 16.4 Å². The van der Waals surface area contributed by atoms with Gasteiger partial charge in [0.15, 0.2) is 11.5 Å². The first-order chi connectivity index (χ1) is 13.3. The van der Waals surface area contributed by atoms with Gasteiger partial charge in [-0.05, 0) is 48.8 Å². The Morgan fingerprint density at radius 2 is 1.72 bits per heavy atom. The van der Waals surface area contributed by atoms with Crippen LogP contribution in [0.3, 0.4) is 0 Å². The average Bonchev–Trinajstić information content (AvgIpc) is 2.58. The number of rotatable bonds is 2. The van der Waals surface area contributed by atoms with Crippen molar-refractivity contribution in [2.24, 2.45) is 0 Å². The normalized spacial score (nSPS) is 20.8. The molecule has 0 aromatic heterocycles. The van der Waals surface area contributed by atoms with Crippen LogP contribution in [0.4, 0.5) is 4.79 Å². The van der Waals surface area contributed by atoms with Gasteiger partial charge in [0.1, 0.15) is 53.3 Å². The minimum Gasteiger partial charge on any atom is -0.501 e. The van der Waals surface area contributed by atoms with E-state index in [2.05, 4.69) is 15.9 Å². The Hall–Kier alpha value is -1.37. The number of piperidine rings is 1. The van der Waals surface area contributed by atoms with Crippen molar-refractivity contribution in [3.63, 3.8) is 0 Å². The van der Waals surface area contributed by atoms with Gasteiger partial charge in [-0.15, -0.1) is 0 Å². The predicted octanol–water partition coefficient (Wildman–Crippen LogP) is 1.98. The van der Waals surface area contributed by atoms with E-state index in [1.54, 1.807) is 17.0 Å². The lowest BCUT2D eigenvalue weighted by molar-refractivity contribution is 0.0124. The molecule has 6 nitrogen and oxygen atoms in total. The van der Waals surface area contributed by atoms with E-state index in [1.165, 1.54) is 0 Å². The van der Waals surface area contributed by atoms with Gasteiger partial charge >= 0.3 is 6.09 Å². The molecule has 0 N–H and O–H groups in total. The number of carbonyl (C=O) groups excluding carboxylic acids is 1. The molecular weight excluding hydrogens is 433 g/mol. The van der Waals surface area contributed by atoms with Crippen LogP contribution < -0.4 is 14.2 Å². The van der Waals surface area contributed by atoms with E-state index >= 15 is 0 Å². The van der Waals surface area contributed by atoms with E-state index in [0.717, 1.165) is 0 Å². The van der Waals surface area contributed by atoms with Gasteiger partial charge in [-0.3, -0.25) is 0 Å². The number of amides is 1. The predicted molar refractivity (Wildman–Crippen MR) is 115 cm³/mol. The molecule has 11 heteroatoms. The molecule has 0 aliphatic carbocycles. The van der Waals surface area contributed by atoms with E-state index in [-0.39, 0.29) is 17.9 Å². The maximum atomic E-state index is 12.2. The number of hydrogen-bond donors (Lipinski definition) is 0. The summed E-state index contributed by atoms with van der Waals surface area (Å²) < 4.78 is 23.0. The monoisotopic (exact) mass is 453 g/mol. The Morgan fingerprint density at radius 3 is 2.31 bits per heavy atom. The molecule has 3 rings (SSSR count). The smallest absolute Gasteiger partial charge is 0.410 e. The summed E-state index contributed by atoms with van der Waals surface area (Å²) >= 11 is 3.44. The summed E-state index contributed by atoms with van der Waals surface area (Å²) in [6.45, 7) is 6.61. The van der Waals surface area contributed by atoms with Crippen LogP contribution >= 0.6 is 15.9 Å². The van der Waals surface area contributed by atoms with Crippen LogP contribution in [0.2, 0.25) is 0 Å². The second-order valence-electron chi connectivity index (χ2n) is 8.28. The van der Waals surface area contributed by atoms with Gasteiger partial charge in [0.05, 0.1) is 0 Å². The number of likely N-dealkylation sites (tertiary alicyclic amines) is 1. The summed E-state index contributed by atoms with van der Waals surface area (Å²) in [5.74, 6) is 1.08. The maximum Gasteiger partial charge on any atom is 0.410 e. The number of benzene rings is 1. The van der Waals surface area contributed by atoms with Gasteiger partial charge in [-0.25, -0.2) is 4.79 Å². The Bertz CT molecular complexity index is 791. The Morgan fingerprint density at radius 1 is 1.14 bits per heavy atom. The molecule has 1 saturated heterocycles. The number of ether oxygens (including phenoxy) is 4. The van der Waals surface area contributed by atoms with Crippen LogP contribution in [0.15, 0.2) is 16.6 Å². The molecule has 2 heterocycles. The van der Waals surface area contributed by atoms with Gasteiger partial charge < -0.3 is 23.8 Å². The van der Waals surface area contributed by atoms with Crippen molar-refractivity contribution in [2.45, 2.75) is 56.1 Å². The zero-order valence-electron chi connectivity index (χ0n) is 16.7. The highest BCUT2D eigenvalue weighted by atomic mass is 79.9. The van der Waals surface area contributed by atoms with Crippen molar-refractivity contribution in [3.8, 4) is 17.2 Å². The van der Waals surface area contributed by atoms with Gasteiger partial charge in [0.2, 0.25) is 0 Å². The summed E-state index contributed by atoms with van der Waals surface area (Å²) in [6, 6.07) is 3.33. The summed E-state index contributed by atoms with van der Waals surface area (Å²) in [4.78, 5) is 13.9. The summed E-state index contributed by atoms with van der Waals surface area (Å²) in [5.41, 5.74) is -0.521. The summed E-state index contributed by atoms with van der Waals surface area (Å²) in [7, 11) is 23.2. The molecular formula is C18H20B4BrNO5. The van der Waals surface area contributed by atoms with Gasteiger partial charge in [-0.2, -0.15) is 0 Å². The lowest BCUT2D eigenvalue weighted by atomic mass is 9.41. The third kappa shape index (κ3) is 4.86. The first-order valence-electron chi connectivity index (χ1n) is 9.30. The van der Waals surface area contributed by atoms with Crippen molar-refractivity contribution in [3.05, 3.63) is 16.6 Å². The summed E-state index contributed by atoms with van der Waals surface area (Å²) in [5, 5.41) is -3.82. The van der Waals surface area contributed by atoms with Crippen LogP contribution in [0, 0.1) is 0 Å². The molecule has 0 saturated carbocycles. The van der Waals surface area contributed by atoms with Crippen LogP contribution in [0.1, 0.15) is 33.6 Å². The van der Waals surface area contributed by atoms with Gasteiger partial charge in [-0.1, -0.05) is 0 Å². The fourth-order valence-electron chi connectivity index (χ4n) is 2.96. The number of nitrogens with zero attached hydrogens (tertiary/aromatic N) is 1. The van der Waals surface area contributed by atoms with Crippen molar-refractivity contribution in [2.75, 3.05) is 13.1 Å². The average molecular weight is 454 g/mol. The molecule has 0 bridgehead atoms. The first-order valence-corrected chi connectivity index (χ1v) is 10.1. The SMILES string of the molecule is [B]C1([B])Oc2ccc(OC3CCN(C(=O)OC(C)(C)C)CC3)c(Br)c2OC1([B])[B]. The first kappa shape index (κ1) is 22.3. The van der Waals surface area contributed by atoms with Crippen molar-refractivity contribution < 1.29 is 23.7 Å². The fraction of sp³-hybridized carbons (Fsp3) is 0.611. The topological polar surface area (TPSA) is 57.2 Å². The highest BCUT2D eigenvalue weighted by Gasteiger charge is 2.44. The maximum absolute atomic E-state index is 12.2. The third-order valence-corrected chi connectivity index (χ3v) is 5.32. The fourth-order valence-corrected chi connectivity index (χ4v) is 3.46. The molecule has 1 fully saturated rings. The van der Waals surface area contributed by atoms with Crippen LogP contribution in [-0.4, -0.2) is 78.0 Å². The quantitative estimate of drug-likeness (QED) is 0.641. The molecule has 8 radical (unpaired) electrons.